The van der Waals surface area contributed by atoms with Gasteiger partial charge in [-0.2, -0.15) is 13.2 Å². The average molecular weight is 624 g/mol. The first-order valence-electron chi connectivity index (χ1n) is 13.2. The van der Waals surface area contributed by atoms with Gasteiger partial charge >= 0.3 is 6.18 Å². The highest BCUT2D eigenvalue weighted by atomic mass is 35.5. The van der Waals surface area contributed by atoms with E-state index < -0.39 is 46.2 Å². The summed E-state index contributed by atoms with van der Waals surface area (Å²) in [6, 6.07) is 14.9. The zero-order chi connectivity index (χ0) is 31.2. The molecule has 12 heteroatoms. The lowest BCUT2D eigenvalue weighted by atomic mass is 10.1. The summed E-state index contributed by atoms with van der Waals surface area (Å²) in [4.78, 5) is 28.0. The van der Waals surface area contributed by atoms with Gasteiger partial charge in [0, 0.05) is 17.6 Å². The Labute approximate surface area is 249 Å². The molecule has 0 unspecified atom stereocenters. The smallest absolute Gasteiger partial charge is 0.352 e. The van der Waals surface area contributed by atoms with Crippen LogP contribution in [0.15, 0.2) is 77.7 Å². The number of aryl methyl sites for hydroxylation is 1. The van der Waals surface area contributed by atoms with Crippen LogP contribution in [0.25, 0.3) is 0 Å². The molecule has 0 aromatic heterocycles. The Balaban J connectivity index is 2.09. The van der Waals surface area contributed by atoms with Gasteiger partial charge in [-0.15, -0.1) is 0 Å². The fourth-order valence-electron chi connectivity index (χ4n) is 4.08. The van der Waals surface area contributed by atoms with Gasteiger partial charge in [0.1, 0.15) is 12.6 Å². The zero-order valence-electron chi connectivity index (χ0n) is 23.7. The number of nitrogens with one attached hydrogen (secondary N) is 1. The first-order valence-corrected chi connectivity index (χ1v) is 15.1. The highest BCUT2D eigenvalue weighted by molar-refractivity contribution is 7.92. The Hall–Kier alpha value is -3.57. The van der Waals surface area contributed by atoms with Crippen LogP contribution in [0.3, 0.4) is 0 Å². The van der Waals surface area contributed by atoms with Crippen molar-refractivity contribution in [3.63, 3.8) is 0 Å². The average Bonchev–Trinajstić information content (AvgIpc) is 2.93. The summed E-state index contributed by atoms with van der Waals surface area (Å²) in [5, 5.41) is 3.21. The van der Waals surface area contributed by atoms with Crippen molar-refractivity contribution in [1.82, 2.24) is 10.2 Å². The molecule has 0 aliphatic rings. The molecule has 0 saturated carbocycles. The van der Waals surface area contributed by atoms with Gasteiger partial charge in [-0.25, -0.2) is 8.42 Å². The number of anilines is 1. The first-order chi connectivity index (χ1) is 19.6. The van der Waals surface area contributed by atoms with E-state index in [1.165, 1.54) is 30.0 Å². The molecule has 0 aliphatic heterocycles. The van der Waals surface area contributed by atoms with E-state index in [0.717, 1.165) is 17.7 Å². The van der Waals surface area contributed by atoms with E-state index >= 15 is 0 Å². The summed E-state index contributed by atoms with van der Waals surface area (Å²) in [5.74, 6) is -1.26. The van der Waals surface area contributed by atoms with Crippen LogP contribution < -0.4 is 9.62 Å². The molecule has 2 atom stereocenters. The van der Waals surface area contributed by atoms with Crippen LogP contribution in [-0.2, 0) is 32.3 Å². The number of hydrogen-bond donors (Lipinski definition) is 1. The second-order valence-corrected chi connectivity index (χ2v) is 12.3. The van der Waals surface area contributed by atoms with E-state index in [1.807, 2.05) is 6.92 Å². The van der Waals surface area contributed by atoms with Gasteiger partial charge in [-0.05, 0) is 75.2 Å². The fraction of sp³-hybridized carbons (Fsp3) is 0.333. The molecule has 226 valence electrons. The standard InChI is InChI=1S/C30H33ClF3N3O4S/c1-5-21(3)35-29(39)22(4)36(18-23-8-6-10-25(31)16-23)28(38)19-37(26-11-7-9-24(17-26)30(32,33)34)42(40,41)27-14-12-20(2)13-15-27/h6-17,21-22H,5,18-19H2,1-4H3,(H,35,39)/t21-,22+/m1/s1. The number of halogens is 4. The van der Waals surface area contributed by atoms with Crippen LogP contribution in [0.5, 0.6) is 0 Å². The maximum atomic E-state index is 13.9. The summed E-state index contributed by atoms with van der Waals surface area (Å²) < 4.78 is 69.1. The minimum absolute atomic E-state index is 0.102. The maximum Gasteiger partial charge on any atom is 0.416 e. The van der Waals surface area contributed by atoms with Crippen molar-refractivity contribution >= 4 is 39.1 Å². The van der Waals surface area contributed by atoms with Gasteiger partial charge in [-0.1, -0.05) is 54.4 Å². The molecule has 7 nitrogen and oxygen atoms in total. The van der Waals surface area contributed by atoms with Gasteiger partial charge in [0.15, 0.2) is 0 Å². The summed E-state index contributed by atoms with van der Waals surface area (Å²) in [5.41, 5.74) is -0.0812. The van der Waals surface area contributed by atoms with Gasteiger partial charge < -0.3 is 10.2 Å². The number of rotatable bonds is 11. The van der Waals surface area contributed by atoms with Crippen molar-refractivity contribution in [2.75, 3.05) is 10.8 Å². The molecule has 0 radical (unpaired) electrons. The van der Waals surface area contributed by atoms with Crippen molar-refractivity contribution in [3.8, 4) is 0 Å². The van der Waals surface area contributed by atoms with Crippen molar-refractivity contribution in [2.24, 2.45) is 0 Å². The Kier molecular flexibility index (Phi) is 10.7. The van der Waals surface area contributed by atoms with Crippen LogP contribution in [0.2, 0.25) is 5.02 Å². The van der Waals surface area contributed by atoms with Gasteiger partial charge in [-0.3, -0.25) is 13.9 Å². The summed E-state index contributed by atoms with van der Waals surface area (Å²) >= 11 is 6.13. The van der Waals surface area contributed by atoms with Crippen molar-refractivity contribution in [3.05, 3.63) is 94.5 Å². The lowest BCUT2D eigenvalue weighted by molar-refractivity contribution is -0.139. The van der Waals surface area contributed by atoms with Crippen LogP contribution in [-0.4, -0.2) is 43.8 Å². The normalized spacial score (nSPS) is 13.2. The zero-order valence-corrected chi connectivity index (χ0v) is 25.2. The third-order valence-electron chi connectivity index (χ3n) is 6.76. The molecular formula is C30H33ClF3N3O4S. The molecule has 3 aromatic rings. The van der Waals surface area contributed by atoms with E-state index in [-0.39, 0.29) is 23.2 Å². The topological polar surface area (TPSA) is 86.8 Å². The number of carbonyl (C=O) groups excluding carboxylic acids is 2. The van der Waals surface area contributed by atoms with Crippen molar-refractivity contribution in [1.29, 1.82) is 0 Å². The summed E-state index contributed by atoms with van der Waals surface area (Å²) in [6.07, 6.45) is -4.11. The van der Waals surface area contributed by atoms with E-state index in [1.54, 1.807) is 50.2 Å². The number of benzene rings is 3. The Morgan fingerprint density at radius 3 is 2.21 bits per heavy atom. The number of nitrogens with zero attached hydrogens (tertiary/aromatic N) is 2. The Morgan fingerprint density at radius 2 is 1.62 bits per heavy atom. The Morgan fingerprint density at radius 1 is 0.976 bits per heavy atom. The molecule has 2 amide bonds. The molecule has 3 aromatic carbocycles. The van der Waals surface area contributed by atoms with Crippen molar-refractivity contribution in [2.45, 2.75) is 63.8 Å². The van der Waals surface area contributed by atoms with Crippen LogP contribution in [0, 0.1) is 6.92 Å². The lowest BCUT2D eigenvalue weighted by Gasteiger charge is -2.32. The minimum atomic E-state index is -4.75. The van der Waals surface area contributed by atoms with Gasteiger partial charge in [0.05, 0.1) is 16.1 Å². The van der Waals surface area contributed by atoms with Gasteiger partial charge in [0.2, 0.25) is 11.8 Å². The highest BCUT2D eigenvalue weighted by Crippen LogP contribution is 2.33. The second kappa shape index (κ2) is 13.6. The monoisotopic (exact) mass is 623 g/mol. The quantitative estimate of drug-likeness (QED) is 0.276. The summed E-state index contributed by atoms with van der Waals surface area (Å²) in [6.45, 7) is 5.98. The van der Waals surface area contributed by atoms with Crippen LogP contribution in [0.4, 0.5) is 18.9 Å². The molecule has 0 heterocycles. The molecule has 0 aliphatic carbocycles. The van der Waals surface area contributed by atoms with Crippen LogP contribution in [0.1, 0.15) is 43.9 Å². The van der Waals surface area contributed by atoms with Gasteiger partial charge in [0.25, 0.3) is 10.0 Å². The Bertz CT molecular complexity index is 1510. The minimum Gasteiger partial charge on any atom is -0.352 e. The van der Waals surface area contributed by atoms with Crippen molar-refractivity contribution < 1.29 is 31.2 Å². The number of carbonyl (C=O) groups is 2. The molecule has 0 saturated heterocycles. The first kappa shape index (κ1) is 32.9. The predicted molar refractivity (Wildman–Crippen MR) is 157 cm³/mol. The summed E-state index contributed by atoms with van der Waals surface area (Å²) in [7, 11) is -4.51. The van der Waals surface area contributed by atoms with E-state index in [9.17, 15) is 31.2 Å². The predicted octanol–water partition coefficient (Wildman–Crippen LogP) is 6.19. The number of sulfonamides is 1. The molecule has 0 bridgehead atoms. The molecule has 0 fully saturated rings. The molecule has 0 spiro atoms. The molecule has 3 rings (SSSR count). The molecule has 42 heavy (non-hydrogen) atoms. The SMILES string of the molecule is CC[C@@H](C)NC(=O)[C@H](C)N(Cc1cccc(Cl)c1)C(=O)CN(c1cccc(C(F)(F)F)c1)S(=O)(=O)c1ccc(C)cc1. The highest BCUT2D eigenvalue weighted by Gasteiger charge is 2.35. The van der Waals surface area contributed by atoms with E-state index in [4.69, 9.17) is 11.6 Å². The second-order valence-electron chi connectivity index (χ2n) is 10.0. The molecule has 1 N–H and O–H groups in total. The van der Waals surface area contributed by atoms with E-state index in [0.29, 0.717) is 27.4 Å². The lowest BCUT2D eigenvalue weighted by Crippen LogP contribution is -2.52. The molecular weight excluding hydrogens is 591 g/mol. The third-order valence-corrected chi connectivity index (χ3v) is 8.78. The number of hydrogen-bond acceptors (Lipinski definition) is 4. The fourth-order valence-corrected chi connectivity index (χ4v) is 5.70. The van der Waals surface area contributed by atoms with Crippen LogP contribution >= 0.6 is 11.6 Å². The number of amides is 2. The van der Waals surface area contributed by atoms with E-state index in [2.05, 4.69) is 5.32 Å². The third kappa shape index (κ3) is 8.25. The largest absolute Gasteiger partial charge is 0.416 e. The number of alkyl halides is 3. The maximum absolute atomic E-state index is 13.9.